The van der Waals surface area contributed by atoms with Crippen molar-refractivity contribution in [3.8, 4) is 0 Å². The molecule has 0 saturated carbocycles. The molecule has 0 spiro atoms. The maximum Gasteiger partial charge on any atom is 0.271 e. The van der Waals surface area contributed by atoms with Crippen molar-refractivity contribution in [3.05, 3.63) is 113 Å². The van der Waals surface area contributed by atoms with Crippen LogP contribution in [0.25, 0.3) is 11.0 Å². The molecule has 1 aliphatic heterocycles. The molecule has 0 bridgehead atoms. The number of thioether (sulfide) groups is 1. The fraction of sp³-hybridized carbons (Fsp3) is 0.281. The highest BCUT2D eigenvalue weighted by molar-refractivity contribution is 7.99. The molecule has 6 rings (SSSR count). The summed E-state index contributed by atoms with van der Waals surface area (Å²) >= 11 is 1.60. The number of aliphatic hydroxyl groups excluding tert-OH is 1. The molecule has 5 aromatic rings. The Balaban J connectivity index is 1.15. The highest BCUT2D eigenvalue weighted by atomic mass is 32.2. The monoisotopic (exact) mass is 596 g/mol. The van der Waals surface area contributed by atoms with Gasteiger partial charge in [0.15, 0.2) is 11.4 Å². The minimum absolute atomic E-state index is 0.00742. The Morgan fingerprint density at radius 1 is 0.977 bits per heavy atom. The molecule has 43 heavy (non-hydrogen) atoms. The third-order valence-electron chi connectivity index (χ3n) is 7.56. The molecule has 1 saturated heterocycles. The van der Waals surface area contributed by atoms with E-state index in [0.717, 1.165) is 32.9 Å². The molecule has 2 N–H and O–H groups in total. The first-order chi connectivity index (χ1) is 21.0. The molecule has 4 atom stereocenters. The van der Waals surface area contributed by atoms with E-state index in [2.05, 4.69) is 32.4 Å². The van der Waals surface area contributed by atoms with Crippen molar-refractivity contribution in [2.75, 3.05) is 5.75 Å². The summed E-state index contributed by atoms with van der Waals surface area (Å²) in [6, 6.07) is 23.2. The largest absolute Gasteiger partial charge is 0.392 e. The Labute approximate surface area is 253 Å². The van der Waals surface area contributed by atoms with E-state index in [-0.39, 0.29) is 36.3 Å². The van der Waals surface area contributed by atoms with Crippen LogP contribution in [0.5, 0.6) is 0 Å². The van der Waals surface area contributed by atoms with E-state index in [1.807, 2.05) is 84.4 Å². The third kappa shape index (κ3) is 6.60. The first-order valence-electron chi connectivity index (χ1n) is 14.0. The van der Waals surface area contributed by atoms with Crippen molar-refractivity contribution in [2.24, 2.45) is 13.0 Å². The van der Waals surface area contributed by atoms with Gasteiger partial charge in [0.25, 0.3) is 5.91 Å². The summed E-state index contributed by atoms with van der Waals surface area (Å²) in [6.45, 7) is 2.47. The van der Waals surface area contributed by atoms with Gasteiger partial charge in [0.05, 0.1) is 36.0 Å². The van der Waals surface area contributed by atoms with Crippen LogP contribution in [-0.4, -0.2) is 47.6 Å². The molecule has 220 valence electrons. The Morgan fingerprint density at radius 3 is 2.42 bits per heavy atom. The molecule has 1 aliphatic rings. The number of aromatic nitrogens is 5. The lowest BCUT2D eigenvalue weighted by Crippen LogP contribution is -2.38. The molecular formula is C32H32N6O4S. The van der Waals surface area contributed by atoms with Crippen molar-refractivity contribution in [1.82, 2.24) is 30.0 Å². The number of nitrogens with one attached hydrogen (secondary N) is 1. The minimum Gasteiger partial charge on any atom is -0.392 e. The quantitative estimate of drug-likeness (QED) is 0.232. The van der Waals surface area contributed by atoms with Gasteiger partial charge < -0.3 is 24.5 Å². The fourth-order valence-corrected chi connectivity index (χ4v) is 6.05. The summed E-state index contributed by atoms with van der Waals surface area (Å²) in [6.07, 6.45) is 2.26. The van der Waals surface area contributed by atoms with Crippen LogP contribution < -0.4 is 5.32 Å². The van der Waals surface area contributed by atoms with Crippen LogP contribution in [0, 0.1) is 5.92 Å². The van der Waals surface area contributed by atoms with E-state index in [0.29, 0.717) is 17.8 Å². The second-order valence-corrected chi connectivity index (χ2v) is 11.5. The smallest absolute Gasteiger partial charge is 0.271 e. The number of benzene rings is 3. The maximum atomic E-state index is 12.7. The maximum absolute atomic E-state index is 12.7. The van der Waals surface area contributed by atoms with E-state index in [9.17, 15) is 9.90 Å². The zero-order valence-corrected chi connectivity index (χ0v) is 24.6. The Kier molecular flexibility index (Phi) is 8.75. The van der Waals surface area contributed by atoms with Crippen LogP contribution in [-0.2, 0) is 29.7 Å². The Bertz CT molecular complexity index is 1690. The van der Waals surface area contributed by atoms with Gasteiger partial charge in [0.2, 0.25) is 0 Å². The summed E-state index contributed by atoms with van der Waals surface area (Å²) in [5, 5.41) is 21.4. The van der Waals surface area contributed by atoms with Gasteiger partial charge >= 0.3 is 0 Å². The van der Waals surface area contributed by atoms with Crippen LogP contribution in [0.4, 0.5) is 0 Å². The number of rotatable bonds is 9. The number of fused-ring (bicyclic) bond motifs is 1. The first kappa shape index (κ1) is 28.9. The molecule has 0 radical (unpaired) electrons. The predicted octanol–water partition coefficient (Wildman–Crippen LogP) is 4.76. The number of nitrogens with zero attached hydrogens (tertiary/aromatic N) is 5. The van der Waals surface area contributed by atoms with Gasteiger partial charge in [-0.25, -0.2) is 4.98 Å². The van der Waals surface area contributed by atoms with Crippen molar-refractivity contribution in [2.45, 2.75) is 43.7 Å². The van der Waals surface area contributed by atoms with E-state index in [1.54, 1.807) is 18.1 Å². The average Bonchev–Trinajstić information content (AvgIpc) is 3.47. The van der Waals surface area contributed by atoms with E-state index in [4.69, 9.17) is 9.47 Å². The van der Waals surface area contributed by atoms with Gasteiger partial charge in [0, 0.05) is 30.8 Å². The van der Waals surface area contributed by atoms with Crippen molar-refractivity contribution < 1.29 is 19.4 Å². The molecule has 4 unspecified atom stereocenters. The van der Waals surface area contributed by atoms with Crippen LogP contribution in [0.15, 0.2) is 90.5 Å². The van der Waals surface area contributed by atoms with E-state index >= 15 is 0 Å². The standard InChI is InChI=1S/C32H32N6O4S/c1-20-28(18-43-32-37-35-19-38(32)2)41-31(42-29(20)23-11-9-22(17-39)10-12-23)24-13-7-21(8-14-24)15-34-30(40)27-16-33-25-5-3-4-6-26(25)36-27/h3-14,16,19-20,28-29,31,39H,15,17-18H2,1-2H3,(H,34,40). The molecule has 10 nitrogen and oxygen atoms in total. The van der Waals surface area contributed by atoms with Crippen LogP contribution in [0.3, 0.4) is 0 Å². The summed E-state index contributed by atoms with van der Waals surface area (Å²) in [5.74, 6) is 0.457. The average molecular weight is 597 g/mol. The van der Waals surface area contributed by atoms with Crippen LogP contribution >= 0.6 is 11.8 Å². The lowest BCUT2D eigenvalue weighted by molar-refractivity contribution is -0.268. The zero-order valence-electron chi connectivity index (χ0n) is 23.8. The second-order valence-electron chi connectivity index (χ2n) is 10.5. The highest BCUT2D eigenvalue weighted by Gasteiger charge is 2.38. The van der Waals surface area contributed by atoms with Gasteiger partial charge in [-0.2, -0.15) is 0 Å². The topological polar surface area (TPSA) is 124 Å². The van der Waals surface area contributed by atoms with Gasteiger partial charge in [-0.15, -0.1) is 10.2 Å². The zero-order chi connectivity index (χ0) is 29.8. The predicted molar refractivity (Wildman–Crippen MR) is 162 cm³/mol. The Morgan fingerprint density at radius 2 is 1.70 bits per heavy atom. The van der Waals surface area contributed by atoms with E-state index in [1.165, 1.54) is 6.20 Å². The molecular weight excluding hydrogens is 564 g/mol. The molecule has 3 aromatic carbocycles. The SMILES string of the molecule is CC1C(CSc2nncn2C)OC(c2ccc(CNC(=O)c3cnc4ccccc4n3)cc2)OC1c1ccc(CO)cc1. The summed E-state index contributed by atoms with van der Waals surface area (Å²) in [4.78, 5) is 21.5. The van der Waals surface area contributed by atoms with Crippen molar-refractivity contribution in [3.63, 3.8) is 0 Å². The number of hydrogen-bond acceptors (Lipinski definition) is 9. The van der Waals surface area contributed by atoms with Crippen molar-refractivity contribution >= 4 is 28.7 Å². The van der Waals surface area contributed by atoms with Gasteiger partial charge in [-0.1, -0.05) is 79.3 Å². The highest BCUT2D eigenvalue weighted by Crippen LogP contribution is 2.42. The summed E-state index contributed by atoms with van der Waals surface area (Å²) < 4.78 is 15.0. The minimum atomic E-state index is -0.583. The summed E-state index contributed by atoms with van der Waals surface area (Å²) in [5.41, 5.74) is 5.39. The first-order valence-corrected chi connectivity index (χ1v) is 15.0. The molecule has 2 aromatic heterocycles. The van der Waals surface area contributed by atoms with Gasteiger partial charge in [-0.3, -0.25) is 9.78 Å². The molecule has 11 heteroatoms. The van der Waals surface area contributed by atoms with Gasteiger partial charge in [0.1, 0.15) is 12.0 Å². The van der Waals surface area contributed by atoms with Crippen molar-refractivity contribution in [1.29, 1.82) is 0 Å². The number of carbonyl (C=O) groups is 1. The number of aliphatic hydroxyl groups is 1. The number of carbonyl (C=O) groups excluding carboxylic acids is 1. The van der Waals surface area contributed by atoms with Crippen LogP contribution in [0.1, 0.15) is 52.1 Å². The molecule has 0 aliphatic carbocycles. The number of amides is 1. The van der Waals surface area contributed by atoms with Gasteiger partial charge in [-0.05, 0) is 28.8 Å². The molecule has 1 fully saturated rings. The molecule has 1 amide bonds. The second kappa shape index (κ2) is 13.0. The number of ether oxygens (including phenoxy) is 2. The van der Waals surface area contributed by atoms with Crippen LogP contribution in [0.2, 0.25) is 0 Å². The lowest BCUT2D eigenvalue weighted by atomic mass is 9.91. The number of hydrogen-bond donors (Lipinski definition) is 2. The third-order valence-corrected chi connectivity index (χ3v) is 8.68. The Hall–Kier alpha value is -4.16. The lowest BCUT2D eigenvalue weighted by Gasteiger charge is -2.41. The number of aryl methyl sites for hydroxylation is 1. The summed E-state index contributed by atoms with van der Waals surface area (Å²) in [7, 11) is 1.92. The normalized spacial score (nSPS) is 20.3. The molecule has 3 heterocycles. The van der Waals surface area contributed by atoms with E-state index < -0.39 is 6.29 Å². The fourth-order valence-electron chi connectivity index (χ4n) is 5.00. The number of para-hydroxylation sites is 2.